The van der Waals surface area contributed by atoms with Gasteiger partial charge < -0.3 is 4.55 Å². The molecule has 0 saturated heterocycles. The third-order valence-corrected chi connectivity index (χ3v) is 5.66. The first-order valence-corrected chi connectivity index (χ1v) is 13.1. The maximum Gasteiger partial charge on any atom is 1.00 e. The van der Waals surface area contributed by atoms with Gasteiger partial charge in [0.15, 0.2) is 0 Å². The average Bonchev–Trinajstić information content (AvgIpc) is 2.65. The summed E-state index contributed by atoms with van der Waals surface area (Å²) in [6.45, 7) is 4.44. The molecule has 1 unspecified atom stereocenters. The summed E-state index contributed by atoms with van der Waals surface area (Å²) in [6, 6.07) is 0. The van der Waals surface area contributed by atoms with Gasteiger partial charge in [0.1, 0.15) is 0 Å². The van der Waals surface area contributed by atoms with Gasteiger partial charge in [0.05, 0.1) is 6.61 Å². The summed E-state index contributed by atoms with van der Waals surface area (Å²) in [7, 11) is -4.60. The van der Waals surface area contributed by atoms with Crippen LogP contribution in [0.4, 0.5) is 0 Å². The summed E-state index contributed by atoms with van der Waals surface area (Å²) >= 11 is 0. The maximum absolute atomic E-state index is 10.8. The summed E-state index contributed by atoms with van der Waals surface area (Å²) in [5.74, 6) is 0.0216. The van der Waals surface area contributed by atoms with E-state index in [2.05, 4.69) is 30.2 Å². The van der Waals surface area contributed by atoms with Crippen LogP contribution in [0.1, 0.15) is 123 Å². The van der Waals surface area contributed by atoms with Crippen molar-refractivity contribution in [1.82, 2.24) is 0 Å². The van der Waals surface area contributed by atoms with Gasteiger partial charge in [-0.05, 0) is 19.3 Å². The van der Waals surface area contributed by atoms with E-state index in [1.54, 1.807) is 0 Å². The molecule has 0 radical (unpaired) electrons. The van der Waals surface area contributed by atoms with E-state index in [9.17, 15) is 13.0 Å². The Morgan fingerprint density at radius 3 is 1.69 bits per heavy atom. The Kier molecular flexibility index (Phi) is 25.5. The van der Waals surface area contributed by atoms with Crippen molar-refractivity contribution in [3.63, 3.8) is 0 Å². The minimum absolute atomic E-state index is 0. The molecule has 0 N–H and O–H groups in total. The Morgan fingerprint density at radius 1 is 0.759 bits per heavy atom. The predicted octanol–water partition coefficient (Wildman–Crippen LogP) is 4.31. The van der Waals surface area contributed by atoms with Gasteiger partial charge in [0.2, 0.25) is 10.4 Å². The van der Waals surface area contributed by atoms with E-state index in [1.807, 2.05) is 0 Å². The molecular weight excluding hydrogens is 395 g/mol. The molecule has 0 saturated carbocycles. The molecule has 0 bridgehead atoms. The van der Waals surface area contributed by atoms with Crippen LogP contribution in [0.15, 0.2) is 12.2 Å². The minimum Gasteiger partial charge on any atom is -0.726 e. The third kappa shape index (κ3) is 26.6. The largest absolute Gasteiger partial charge is 1.00 e. The van der Waals surface area contributed by atoms with Crippen LogP contribution in [-0.4, -0.2) is 19.6 Å². The smallest absolute Gasteiger partial charge is 0.726 e. The van der Waals surface area contributed by atoms with Gasteiger partial charge in [-0.2, -0.15) is 0 Å². The van der Waals surface area contributed by atoms with Crippen LogP contribution in [0, 0.1) is 5.92 Å². The van der Waals surface area contributed by atoms with Crippen LogP contribution in [0.5, 0.6) is 0 Å². The second-order valence-electron chi connectivity index (χ2n) is 8.05. The van der Waals surface area contributed by atoms with Crippen LogP contribution < -0.4 is 29.6 Å². The van der Waals surface area contributed by atoms with Crippen LogP contribution in [0.2, 0.25) is 0 Å². The van der Waals surface area contributed by atoms with Gasteiger partial charge >= 0.3 is 29.6 Å². The van der Waals surface area contributed by atoms with Crippen molar-refractivity contribution < 1.29 is 46.7 Å². The van der Waals surface area contributed by atoms with Crippen LogP contribution in [0.25, 0.3) is 0 Å². The van der Waals surface area contributed by atoms with Crippen LogP contribution >= 0.6 is 0 Å². The Balaban J connectivity index is 0. The average molecular weight is 441 g/mol. The Labute approximate surface area is 203 Å². The quantitative estimate of drug-likeness (QED) is 0.0877. The summed E-state index contributed by atoms with van der Waals surface area (Å²) in [5, 5.41) is 0. The van der Waals surface area contributed by atoms with Crippen LogP contribution in [-0.2, 0) is 14.6 Å². The number of unbranched alkanes of at least 4 members (excludes halogenated alkanes) is 14. The number of hydrogen-bond acceptors (Lipinski definition) is 4. The number of rotatable bonds is 21. The molecular formula is C23H45NaO4S. The molecule has 6 heteroatoms. The minimum atomic E-state index is -4.60. The first kappa shape index (κ1) is 31.8. The van der Waals surface area contributed by atoms with Crippen molar-refractivity contribution in [3.8, 4) is 0 Å². The van der Waals surface area contributed by atoms with Crippen molar-refractivity contribution in [3.05, 3.63) is 12.2 Å². The first-order chi connectivity index (χ1) is 13.5. The second kappa shape index (κ2) is 23.3. The van der Waals surface area contributed by atoms with Gasteiger partial charge in [-0.1, -0.05) is 116 Å². The SMILES string of the molecule is CCCCCCCCC/C=C/C(CCCCCCCCCC)COS(=O)(=O)[O-].[Na+]. The van der Waals surface area contributed by atoms with Crippen molar-refractivity contribution in [1.29, 1.82) is 0 Å². The number of hydrogen-bond donors (Lipinski definition) is 0. The molecule has 0 aromatic rings. The molecule has 29 heavy (non-hydrogen) atoms. The van der Waals surface area contributed by atoms with E-state index in [0.717, 1.165) is 19.3 Å². The van der Waals surface area contributed by atoms with E-state index in [-0.39, 0.29) is 42.1 Å². The standard InChI is InChI=1S/C23H46O4S.Na/c1-3-5-7-9-11-13-15-17-19-21-23(22-27-28(24,25)26)20-18-16-14-12-10-8-6-4-2;/h19,21,23H,3-18,20,22H2,1-2H3,(H,24,25,26);/q;+1/p-1/b21-19+;. The van der Waals surface area contributed by atoms with E-state index < -0.39 is 10.4 Å². The predicted molar refractivity (Wildman–Crippen MR) is 118 cm³/mol. The first-order valence-electron chi connectivity index (χ1n) is 11.8. The van der Waals surface area contributed by atoms with Crippen molar-refractivity contribution in [2.75, 3.05) is 6.61 Å². The molecule has 0 aromatic carbocycles. The van der Waals surface area contributed by atoms with E-state index in [4.69, 9.17) is 0 Å². The van der Waals surface area contributed by atoms with Gasteiger partial charge in [-0.25, -0.2) is 8.42 Å². The Hall–Kier alpha value is 0.610. The molecule has 4 nitrogen and oxygen atoms in total. The Morgan fingerprint density at radius 2 is 1.21 bits per heavy atom. The monoisotopic (exact) mass is 440 g/mol. The summed E-state index contributed by atoms with van der Waals surface area (Å²) in [6.07, 6.45) is 25.1. The molecule has 0 amide bonds. The van der Waals surface area contributed by atoms with Crippen molar-refractivity contribution in [2.45, 2.75) is 123 Å². The molecule has 0 spiro atoms. The fourth-order valence-electron chi connectivity index (χ4n) is 3.45. The zero-order chi connectivity index (χ0) is 20.9. The maximum atomic E-state index is 10.8. The summed E-state index contributed by atoms with van der Waals surface area (Å²) in [4.78, 5) is 0. The summed E-state index contributed by atoms with van der Waals surface area (Å²) in [5.41, 5.74) is 0. The molecule has 168 valence electrons. The number of allylic oxidation sites excluding steroid dienone is 1. The summed E-state index contributed by atoms with van der Waals surface area (Å²) < 4.78 is 36.8. The molecule has 1 atom stereocenters. The topological polar surface area (TPSA) is 66.4 Å². The fraction of sp³-hybridized carbons (Fsp3) is 0.913. The van der Waals surface area contributed by atoms with Crippen molar-refractivity contribution >= 4 is 10.4 Å². The van der Waals surface area contributed by atoms with E-state index >= 15 is 0 Å². The van der Waals surface area contributed by atoms with E-state index in [0.29, 0.717) is 0 Å². The fourth-order valence-corrected chi connectivity index (χ4v) is 3.80. The normalized spacial score (nSPS) is 12.9. The molecule has 0 aromatic heterocycles. The molecule has 0 heterocycles. The zero-order valence-corrected chi connectivity index (χ0v) is 22.3. The second-order valence-corrected chi connectivity index (χ2v) is 9.11. The Bertz CT molecular complexity index is 452. The zero-order valence-electron chi connectivity index (χ0n) is 19.5. The van der Waals surface area contributed by atoms with Crippen LogP contribution in [0.3, 0.4) is 0 Å². The van der Waals surface area contributed by atoms with Gasteiger partial charge in [0.25, 0.3) is 0 Å². The van der Waals surface area contributed by atoms with Crippen molar-refractivity contribution in [2.24, 2.45) is 5.92 Å². The third-order valence-electron chi connectivity index (χ3n) is 5.24. The van der Waals surface area contributed by atoms with Gasteiger partial charge in [-0.3, -0.25) is 4.18 Å². The molecule has 0 aliphatic carbocycles. The molecule has 0 rings (SSSR count). The molecule has 0 aliphatic rings. The van der Waals surface area contributed by atoms with Gasteiger partial charge in [-0.15, -0.1) is 0 Å². The molecule has 0 aliphatic heterocycles. The van der Waals surface area contributed by atoms with E-state index in [1.165, 1.54) is 89.9 Å². The van der Waals surface area contributed by atoms with Gasteiger partial charge in [0, 0.05) is 5.92 Å². The molecule has 0 fully saturated rings.